The van der Waals surface area contributed by atoms with Gasteiger partial charge in [-0.1, -0.05) is 58.1 Å². The van der Waals surface area contributed by atoms with E-state index in [2.05, 4.69) is 15.5 Å². The molecule has 1 amide bonds. The largest absolute Gasteiger partial charge is 0.403 e. The van der Waals surface area contributed by atoms with Crippen molar-refractivity contribution < 1.29 is 9.21 Å². The molecule has 0 atom stereocenters. The van der Waals surface area contributed by atoms with Crippen molar-refractivity contribution in [3.05, 3.63) is 69.2 Å². The highest BCUT2D eigenvalue weighted by molar-refractivity contribution is 6.35. The van der Waals surface area contributed by atoms with Crippen LogP contribution in [0.5, 0.6) is 0 Å². The fraction of sp³-hybridized carbons (Fsp3) is 0. The number of carbonyl (C=O) groups excluding carboxylic acids is 1. The van der Waals surface area contributed by atoms with E-state index in [1.165, 1.54) is 6.08 Å². The lowest BCUT2D eigenvalue weighted by Gasteiger charge is -1.98. The molecule has 1 heterocycles. The fourth-order valence-corrected chi connectivity index (χ4v) is 2.72. The molecule has 0 aliphatic carbocycles. The van der Waals surface area contributed by atoms with Crippen LogP contribution in [0.1, 0.15) is 5.56 Å². The molecule has 0 saturated carbocycles. The zero-order valence-corrected chi connectivity index (χ0v) is 14.8. The normalized spacial score (nSPS) is 11.0. The van der Waals surface area contributed by atoms with Crippen LogP contribution in [0.15, 0.2) is 53.0 Å². The molecule has 0 aliphatic rings. The number of aromatic nitrogens is 2. The van der Waals surface area contributed by atoms with Gasteiger partial charge in [0.1, 0.15) is 0 Å². The zero-order valence-electron chi connectivity index (χ0n) is 12.5. The average Bonchev–Trinajstić information content (AvgIpc) is 3.02. The van der Waals surface area contributed by atoms with Gasteiger partial charge < -0.3 is 4.42 Å². The topological polar surface area (TPSA) is 68.0 Å². The van der Waals surface area contributed by atoms with Gasteiger partial charge in [-0.3, -0.25) is 10.1 Å². The fourth-order valence-electron chi connectivity index (χ4n) is 1.99. The molecule has 2 aromatic carbocycles. The second-order valence-electron chi connectivity index (χ2n) is 4.91. The summed E-state index contributed by atoms with van der Waals surface area (Å²) in [5.74, 6) is -0.242. The molecule has 0 bridgehead atoms. The Morgan fingerprint density at radius 3 is 2.48 bits per heavy atom. The molecule has 25 heavy (non-hydrogen) atoms. The van der Waals surface area contributed by atoms with E-state index >= 15 is 0 Å². The number of nitrogens with zero attached hydrogens (tertiary/aromatic N) is 2. The molecule has 0 unspecified atom stereocenters. The van der Waals surface area contributed by atoms with Crippen molar-refractivity contribution in [1.29, 1.82) is 0 Å². The van der Waals surface area contributed by atoms with Crippen LogP contribution in [0.3, 0.4) is 0 Å². The Bertz CT molecular complexity index is 934. The molecule has 126 valence electrons. The van der Waals surface area contributed by atoms with Gasteiger partial charge in [0.2, 0.25) is 5.89 Å². The van der Waals surface area contributed by atoms with Gasteiger partial charge in [-0.05, 0) is 35.9 Å². The van der Waals surface area contributed by atoms with Gasteiger partial charge in [0.05, 0.1) is 0 Å². The first-order valence-electron chi connectivity index (χ1n) is 7.05. The highest BCUT2D eigenvalue weighted by Crippen LogP contribution is 2.27. The van der Waals surface area contributed by atoms with Gasteiger partial charge in [-0.15, -0.1) is 5.10 Å². The van der Waals surface area contributed by atoms with Crippen molar-refractivity contribution in [2.24, 2.45) is 0 Å². The van der Waals surface area contributed by atoms with E-state index in [0.29, 0.717) is 20.6 Å². The lowest BCUT2D eigenvalue weighted by molar-refractivity contribution is -0.112. The predicted octanol–water partition coefficient (Wildman–Crippen LogP) is 5.35. The van der Waals surface area contributed by atoms with Gasteiger partial charge in [0, 0.05) is 26.7 Å². The van der Waals surface area contributed by atoms with Crippen LogP contribution in [0.4, 0.5) is 6.01 Å². The van der Waals surface area contributed by atoms with E-state index in [4.69, 9.17) is 39.2 Å². The molecule has 0 aliphatic heterocycles. The van der Waals surface area contributed by atoms with Gasteiger partial charge in [0.25, 0.3) is 5.91 Å². The number of hydrogen-bond donors (Lipinski definition) is 1. The molecule has 3 rings (SSSR count). The van der Waals surface area contributed by atoms with E-state index in [-0.39, 0.29) is 11.9 Å². The summed E-state index contributed by atoms with van der Waals surface area (Å²) in [7, 11) is 0. The van der Waals surface area contributed by atoms with Crippen molar-refractivity contribution in [3.63, 3.8) is 0 Å². The van der Waals surface area contributed by atoms with Gasteiger partial charge in [-0.2, -0.15) is 0 Å². The zero-order chi connectivity index (χ0) is 17.8. The SMILES string of the molecule is O=C(/C=C/c1ccccc1Cl)Nc1nnc(-c2cc(Cl)cc(Cl)c2)o1. The summed E-state index contributed by atoms with van der Waals surface area (Å²) in [5.41, 5.74) is 1.27. The van der Waals surface area contributed by atoms with Gasteiger partial charge in [0.15, 0.2) is 0 Å². The first kappa shape index (κ1) is 17.5. The van der Waals surface area contributed by atoms with Crippen molar-refractivity contribution in [3.8, 4) is 11.5 Å². The number of carbonyl (C=O) groups is 1. The molecule has 3 aromatic rings. The third-order valence-corrected chi connectivity index (χ3v) is 3.86. The minimum atomic E-state index is -0.431. The molecule has 8 heteroatoms. The summed E-state index contributed by atoms with van der Waals surface area (Å²) in [6.45, 7) is 0. The maximum atomic E-state index is 11.9. The first-order valence-corrected chi connectivity index (χ1v) is 8.18. The lowest BCUT2D eigenvalue weighted by atomic mass is 10.2. The number of amides is 1. The Balaban J connectivity index is 1.71. The number of benzene rings is 2. The van der Waals surface area contributed by atoms with Crippen LogP contribution in [0.2, 0.25) is 15.1 Å². The molecule has 0 spiro atoms. The number of rotatable bonds is 4. The lowest BCUT2D eigenvalue weighted by Crippen LogP contribution is -2.07. The molecule has 0 radical (unpaired) electrons. The summed E-state index contributed by atoms with van der Waals surface area (Å²) >= 11 is 17.9. The maximum Gasteiger partial charge on any atom is 0.322 e. The van der Waals surface area contributed by atoms with E-state index in [1.54, 1.807) is 36.4 Å². The van der Waals surface area contributed by atoms with Crippen molar-refractivity contribution in [2.75, 3.05) is 5.32 Å². The first-order chi connectivity index (χ1) is 12.0. The highest BCUT2D eigenvalue weighted by Gasteiger charge is 2.11. The second-order valence-corrected chi connectivity index (χ2v) is 6.19. The monoisotopic (exact) mass is 393 g/mol. The van der Waals surface area contributed by atoms with Crippen LogP contribution in [0, 0.1) is 0 Å². The van der Waals surface area contributed by atoms with Crippen LogP contribution in [-0.2, 0) is 4.79 Å². The molecular formula is C17H10Cl3N3O2. The summed E-state index contributed by atoms with van der Waals surface area (Å²) in [4.78, 5) is 11.9. The van der Waals surface area contributed by atoms with E-state index in [1.807, 2.05) is 12.1 Å². The van der Waals surface area contributed by atoms with Crippen LogP contribution < -0.4 is 5.32 Å². The van der Waals surface area contributed by atoms with Gasteiger partial charge in [-0.25, -0.2) is 0 Å². The minimum absolute atomic E-state index is 0.0418. The third kappa shape index (κ3) is 4.60. The van der Waals surface area contributed by atoms with Crippen LogP contribution in [-0.4, -0.2) is 16.1 Å². The molecule has 1 aromatic heterocycles. The average molecular weight is 395 g/mol. The Morgan fingerprint density at radius 1 is 1.04 bits per heavy atom. The minimum Gasteiger partial charge on any atom is -0.403 e. The van der Waals surface area contributed by atoms with Crippen molar-refractivity contribution in [1.82, 2.24) is 10.2 Å². The van der Waals surface area contributed by atoms with E-state index in [0.717, 1.165) is 5.56 Å². The third-order valence-electron chi connectivity index (χ3n) is 3.08. The number of anilines is 1. The van der Waals surface area contributed by atoms with Crippen LogP contribution >= 0.6 is 34.8 Å². The Hall–Kier alpha value is -2.34. The van der Waals surface area contributed by atoms with Crippen molar-refractivity contribution in [2.45, 2.75) is 0 Å². The summed E-state index contributed by atoms with van der Waals surface area (Å²) in [6.07, 6.45) is 2.91. The Morgan fingerprint density at radius 2 is 1.76 bits per heavy atom. The molecular weight excluding hydrogens is 385 g/mol. The molecule has 1 N–H and O–H groups in total. The summed E-state index contributed by atoms with van der Waals surface area (Å²) in [6, 6.07) is 12.0. The Labute approximate surface area is 158 Å². The Kier molecular flexibility index (Phi) is 5.38. The molecule has 0 saturated heterocycles. The number of hydrogen-bond acceptors (Lipinski definition) is 4. The predicted molar refractivity (Wildman–Crippen MR) is 98.9 cm³/mol. The molecule has 0 fully saturated rings. The quantitative estimate of drug-likeness (QED) is 0.606. The second kappa shape index (κ2) is 7.70. The maximum absolute atomic E-state index is 11.9. The molecule has 5 nitrogen and oxygen atoms in total. The van der Waals surface area contributed by atoms with Crippen molar-refractivity contribution >= 4 is 52.8 Å². The van der Waals surface area contributed by atoms with Crippen LogP contribution in [0.25, 0.3) is 17.5 Å². The van der Waals surface area contributed by atoms with Gasteiger partial charge >= 0.3 is 6.01 Å². The summed E-state index contributed by atoms with van der Waals surface area (Å²) < 4.78 is 5.39. The summed E-state index contributed by atoms with van der Waals surface area (Å²) in [5, 5.41) is 11.5. The van der Waals surface area contributed by atoms with E-state index < -0.39 is 5.91 Å². The standard InChI is InChI=1S/C17H10Cl3N3O2/c18-12-7-11(8-13(19)9-12)16-22-23-17(25-16)21-15(24)6-5-10-3-1-2-4-14(10)20/h1-9H,(H,21,23,24)/b6-5+. The number of nitrogens with one attached hydrogen (secondary N) is 1. The number of halogens is 3. The van der Waals surface area contributed by atoms with E-state index in [9.17, 15) is 4.79 Å². The smallest absolute Gasteiger partial charge is 0.322 e. The highest BCUT2D eigenvalue weighted by atomic mass is 35.5.